The fourth-order valence-corrected chi connectivity index (χ4v) is 8.51. The van der Waals surface area contributed by atoms with E-state index < -0.39 is 57.8 Å². The lowest BCUT2D eigenvalue weighted by Gasteiger charge is -2.21. The van der Waals surface area contributed by atoms with Crippen molar-refractivity contribution >= 4 is 25.7 Å². The molecule has 0 aliphatic heterocycles. The van der Waals surface area contributed by atoms with Gasteiger partial charge < -0.3 is 24.2 Å². The molecular weight excluding hydrogens is 928 g/mol. The van der Waals surface area contributed by atoms with Crippen LogP contribution in [0.4, 0.5) is 0 Å². The Kier molecular flexibility index (Phi) is 51.9. The predicted octanol–water partition coefficient (Wildman–Crippen LogP) is 16.9. The van der Waals surface area contributed by atoms with Gasteiger partial charge in [0.2, 0.25) is 0 Å². The summed E-state index contributed by atoms with van der Waals surface area (Å²) in [6.07, 6.45) is 60.0. The zero-order valence-electron chi connectivity index (χ0n) is 45.9. The highest BCUT2D eigenvalue weighted by Crippen LogP contribution is 2.43. The van der Waals surface area contributed by atoms with E-state index in [9.17, 15) is 28.9 Å². The van der Waals surface area contributed by atoms with Crippen LogP contribution in [0.15, 0.2) is 72.9 Å². The third-order valence-electron chi connectivity index (χ3n) is 12.1. The van der Waals surface area contributed by atoms with Gasteiger partial charge in [-0.3, -0.25) is 23.4 Å². The monoisotopic (exact) mass is 1030 g/mol. The van der Waals surface area contributed by atoms with Crippen LogP contribution in [0.3, 0.4) is 0 Å². The van der Waals surface area contributed by atoms with Crippen molar-refractivity contribution in [2.75, 3.05) is 26.4 Å². The van der Waals surface area contributed by atoms with Gasteiger partial charge in [0.25, 0.3) is 0 Å². The maximum absolute atomic E-state index is 12.9. The summed E-state index contributed by atoms with van der Waals surface area (Å²) < 4.78 is 39.5. The molecule has 0 spiro atoms. The highest BCUT2D eigenvalue weighted by atomic mass is 31.2. The summed E-state index contributed by atoms with van der Waals surface area (Å²) in [6.45, 7) is 4.48. The minimum absolute atomic E-state index is 0.126. The molecule has 11 nitrogen and oxygen atoms in total. The van der Waals surface area contributed by atoms with Crippen molar-refractivity contribution in [1.29, 1.82) is 0 Å². The van der Waals surface area contributed by atoms with Gasteiger partial charge in [-0.1, -0.05) is 216 Å². The minimum atomic E-state index is -4.76. The number of phosphoric ester groups is 1. The van der Waals surface area contributed by atoms with Crippen LogP contribution in [-0.2, 0) is 42.2 Å². The molecule has 0 aliphatic rings. The molecule has 72 heavy (non-hydrogen) atoms. The van der Waals surface area contributed by atoms with E-state index in [1.807, 2.05) is 0 Å². The molecule has 0 saturated heterocycles. The summed E-state index contributed by atoms with van der Waals surface area (Å²) in [4.78, 5) is 48.5. The van der Waals surface area contributed by atoms with Crippen LogP contribution in [0.1, 0.15) is 252 Å². The molecule has 0 rings (SSSR count). The van der Waals surface area contributed by atoms with E-state index in [4.69, 9.17) is 23.3 Å². The Morgan fingerprint density at radius 2 is 0.722 bits per heavy atom. The smallest absolute Gasteiger partial charge is 0.462 e. The van der Waals surface area contributed by atoms with Gasteiger partial charge in [-0.05, 0) is 89.9 Å². The quantitative estimate of drug-likeness (QED) is 0.0197. The average Bonchev–Trinajstić information content (AvgIpc) is 3.37. The van der Waals surface area contributed by atoms with Crippen molar-refractivity contribution < 1.29 is 52.2 Å². The highest BCUT2D eigenvalue weighted by Gasteiger charge is 2.28. The molecule has 2 N–H and O–H groups in total. The fourth-order valence-electron chi connectivity index (χ4n) is 7.73. The molecule has 0 aromatic carbocycles. The predicted molar refractivity (Wildman–Crippen MR) is 298 cm³/mol. The molecule has 12 heteroatoms. The van der Waals surface area contributed by atoms with Gasteiger partial charge in [-0.15, -0.1) is 0 Å². The van der Waals surface area contributed by atoms with Crippen LogP contribution in [0, 0.1) is 0 Å². The van der Waals surface area contributed by atoms with E-state index in [0.717, 1.165) is 109 Å². The third kappa shape index (κ3) is 51.8. The molecule has 416 valence electrons. The van der Waals surface area contributed by atoms with E-state index in [2.05, 4.69) is 93.7 Å². The number of phosphoric acid groups is 1. The number of allylic oxidation sites excluding steroid dienone is 12. The Morgan fingerprint density at radius 1 is 0.403 bits per heavy atom. The number of aliphatic hydroxyl groups excluding tert-OH is 1. The lowest BCUT2D eigenvalue weighted by atomic mass is 10.0. The van der Waals surface area contributed by atoms with Crippen molar-refractivity contribution in [2.45, 2.75) is 264 Å². The Labute approximate surface area is 439 Å². The molecule has 0 amide bonds. The molecule has 0 aliphatic carbocycles. The second kappa shape index (κ2) is 54.2. The van der Waals surface area contributed by atoms with Crippen molar-refractivity contribution in [1.82, 2.24) is 0 Å². The Balaban J connectivity index is 4.78. The molecular formula is C60H105O11P. The summed E-state index contributed by atoms with van der Waals surface area (Å²) >= 11 is 0. The number of ether oxygens (including phenoxy) is 3. The van der Waals surface area contributed by atoms with Crippen LogP contribution in [-0.4, -0.2) is 66.5 Å². The number of unbranched alkanes of at least 4 members (excludes halogenated alkanes) is 24. The van der Waals surface area contributed by atoms with Crippen molar-refractivity contribution in [3.05, 3.63) is 72.9 Å². The van der Waals surface area contributed by atoms with E-state index in [0.29, 0.717) is 19.3 Å². The molecule has 0 heterocycles. The van der Waals surface area contributed by atoms with Gasteiger partial charge in [-0.25, -0.2) is 4.57 Å². The molecule has 3 unspecified atom stereocenters. The maximum Gasteiger partial charge on any atom is 0.472 e. The molecule has 0 saturated carbocycles. The first-order chi connectivity index (χ1) is 35.2. The second-order valence-electron chi connectivity index (χ2n) is 19.1. The zero-order valence-corrected chi connectivity index (χ0v) is 46.8. The van der Waals surface area contributed by atoms with E-state index in [1.54, 1.807) is 0 Å². The number of hydrogen-bond acceptors (Lipinski definition) is 10. The molecule has 0 aromatic heterocycles. The molecule has 0 fully saturated rings. The normalized spacial score (nSPS) is 13.9. The lowest BCUT2D eigenvalue weighted by Crippen LogP contribution is -2.30. The number of carbonyl (C=O) groups is 3. The number of carbonyl (C=O) groups excluding carboxylic acids is 3. The summed E-state index contributed by atoms with van der Waals surface area (Å²) in [5.74, 6) is -1.51. The third-order valence-corrected chi connectivity index (χ3v) is 13.1. The molecule has 0 aromatic rings. The van der Waals surface area contributed by atoms with Gasteiger partial charge in [0.1, 0.15) is 12.7 Å². The fraction of sp³-hybridized carbons (Fsp3) is 0.750. The Hall–Kier alpha value is -3.08. The lowest BCUT2D eigenvalue weighted by molar-refractivity contribution is -0.161. The van der Waals surface area contributed by atoms with Crippen molar-refractivity contribution in [3.8, 4) is 0 Å². The molecule has 0 bridgehead atoms. The Bertz CT molecular complexity index is 1490. The first-order valence-electron chi connectivity index (χ1n) is 28.8. The van der Waals surface area contributed by atoms with Gasteiger partial charge in [0.05, 0.1) is 19.8 Å². The number of aliphatic hydroxyl groups is 1. The molecule has 0 radical (unpaired) electrons. The number of rotatable bonds is 53. The maximum atomic E-state index is 12.9. The van der Waals surface area contributed by atoms with Crippen LogP contribution in [0.5, 0.6) is 0 Å². The van der Waals surface area contributed by atoms with Gasteiger partial charge in [0.15, 0.2) is 6.10 Å². The summed E-state index contributed by atoms with van der Waals surface area (Å²) in [7, 11) is -4.76. The average molecular weight is 1030 g/mol. The van der Waals surface area contributed by atoms with Gasteiger partial charge >= 0.3 is 25.7 Å². The van der Waals surface area contributed by atoms with Crippen LogP contribution in [0.25, 0.3) is 0 Å². The zero-order chi connectivity index (χ0) is 52.7. The van der Waals surface area contributed by atoms with Crippen LogP contribution < -0.4 is 0 Å². The SMILES string of the molecule is CC/C=C\C/C=C\C/C=C\C/C=C\C/C=C\CCCCCC(=O)OC(COC(=O)CCCCCCC/C=C\CCCCCC)COP(=O)(O)OCC(CO)OC(=O)CCCCCCCCCCCCCCC. The topological polar surface area (TPSA) is 155 Å². The minimum Gasteiger partial charge on any atom is -0.462 e. The number of hydrogen-bond donors (Lipinski definition) is 2. The summed E-state index contributed by atoms with van der Waals surface area (Å²) in [5.41, 5.74) is 0. The van der Waals surface area contributed by atoms with Gasteiger partial charge in [0, 0.05) is 19.3 Å². The first-order valence-corrected chi connectivity index (χ1v) is 30.3. The molecule has 3 atom stereocenters. The Morgan fingerprint density at radius 3 is 1.15 bits per heavy atom. The first kappa shape index (κ1) is 68.9. The largest absolute Gasteiger partial charge is 0.472 e. The van der Waals surface area contributed by atoms with Crippen LogP contribution >= 0.6 is 7.82 Å². The summed E-state index contributed by atoms with van der Waals surface area (Å²) in [5, 5.41) is 9.80. The van der Waals surface area contributed by atoms with Crippen molar-refractivity contribution in [3.63, 3.8) is 0 Å². The van der Waals surface area contributed by atoms with Crippen molar-refractivity contribution in [2.24, 2.45) is 0 Å². The standard InChI is InChI=1S/C60H105O11P/c1-4-7-10-13-16-19-22-25-26-27-28-29-30-33-36-39-42-45-48-51-60(64)71-57(53-67-58(62)49-46-43-40-37-34-31-23-20-17-14-11-8-5-2)55-69-72(65,66)68-54-56(52-61)70-59(63)50-47-44-41-38-35-32-24-21-18-15-12-9-6-3/h7,10,16,19-20,23,25-26,28-29,33,36,56-57,61H,4-6,8-9,11-15,17-18,21-22,24,27,30-32,34-35,37-55H2,1-3H3,(H,65,66)/b10-7-,19-16-,23-20-,26-25-,29-28-,36-33-. The number of esters is 3. The van der Waals surface area contributed by atoms with E-state index in [1.165, 1.54) is 83.5 Å². The summed E-state index contributed by atoms with van der Waals surface area (Å²) in [6, 6.07) is 0. The van der Waals surface area contributed by atoms with Gasteiger partial charge in [-0.2, -0.15) is 0 Å². The second-order valence-corrected chi connectivity index (χ2v) is 20.5. The van der Waals surface area contributed by atoms with E-state index >= 15 is 0 Å². The van der Waals surface area contributed by atoms with Crippen LogP contribution in [0.2, 0.25) is 0 Å². The van der Waals surface area contributed by atoms with E-state index in [-0.39, 0.29) is 25.9 Å². The highest BCUT2D eigenvalue weighted by molar-refractivity contribution is 7.47.